The van der Waals surface area contributed by atoms with Gasteiger partial charge in [0, 0.05) is 21.8 Å². The lowest BCUT2D eigenvalue weighted by Crippen LogP contribution is -1.95. The van der Waals surface area contributed by atoms with Crippen molar-refractivity contribution in [2.45, 2.75) is 0 Å². The van der Waals surface area contributed by atoms with Crippen LogP contribution in [-0.2, 0) is 0 Å². The molecule has 0 saturated carbocycles. The van der Waals surface area contributed by atoms with Crippen molar-refractivity contribution in [2.24, 2.45) is 0 Å². The molecule has 1 heteroatoms. The van der Waals surface area contributed by atoms with E-state index in [9.17, 15) is 0 Å². The summed E-state index contributed by atoms with van der Waals surface area (Å²) in [5.41, 5.74) is 6.17. The Labute approximate surface area is 169 Å². The van der Waals surface area contributed by atoms with Gasteiger partial charge in [0.15, 0.2) is 0 Å². The van der Waals surface area contributed by atoms with Crippen LogP contribution in [0.2, 0.25) is 0 Å². The van der Waals surface area contributed by atoms with Crippen LogP contribution in [0.15, 0.2) is 115 Å². The molecule has 29 heavy (non-hydrogen) atoms. The second-order valence-electron chi connectivity index (χ2n) is 7.45. The topological polar surface area (TPSA) is 4.93 Å². The first-order valence-corrected chi connectivity index (χ1v) is 9.97. The molecule has 0 spiro atoms. The van der Waals surface area contributed by atoms with Gasteiger partial charge in [-0.1, -0.05) is 97.1 Å². The molecule has 0 aliphatic carbocycles. The maximum atomic E-state index is 2.42. The molecule has 6 rings (SSSR count). The molecular weight excluding hydrogens is 350 g/mol. The molecule has 5 aromatic carbocycles. The summed E-state index contributed by atoms with van der Waals surface area (Å²) in [6.07, 6.45) is 0. The quantitative estimate of drug-likeness (QED) is 0.296. The van der Waals surface area contributed by atoms with Crippen LogP contribution in [0.5, 0.6) is 0 Å². The summed E-state index contributed by atoms with van der Waals surface area (Å²) >= 11 is 0. The lowest BCUT2D eigenvalue weighted by Gasteiger charge is -2.12. The molecule has 1 nitrogen and oxygen atoms in total. The highest BCUT2D eigenvalue weighted by atomic mass is 15.0. The highest BCUT2D eigenvalue weighted by Crippen LogP contribution is 2.37. The molecule has 0 N–H and O–H groups in total. The SMILES string of the molecule is c1ccc(-c2cccc(-n3c4ccccc4c4ccc5ccccc5c43)c2)cc1. The average Bonchev–Trinajstić information content (AvgIpc) is 3.15. The van der Waals surface area contributed by atoms with E-state index in [4.69, 9.17) is 0 Å². The van der Waals surface area contributed by atoms with Gasteiger partial charge in [0.2, 0.25) is 0 Å². The maximum Gasteiger partial charge on any atom is 0.0619 e. The van der Waals surface area contributed by atoms with Crippen LogP contribution in [0, 0.1) is 0 Å². The molecule has 0 amide bonds. The Morgan fingerprint density at radius 2 is 1.17 bits per heavy atom. The second-order valence-corrected chi connectivity index (χ2v) is 7.45. The van der Waals surface area contributed by atoms with E-state index >= 15 is 0 Å². The first-order valence-electron chi connectivity index (χ1n) is 9.97. The molecule has 1 heterocycles. The maximum absolute atomic E-state index is 2.42. The zero-order valence-electron chi connectivity index (χ0n) is 15.9. The van der Waals surface area contributed by atoms with Gasteiger partial charge in [0.25, 0.3) is 0 Å². The second kappa shape index (κ2) is 6.35. The van der Waals surface area contributed by atoms with Crippen molar-refractivity contribution in [2.75, 3.05) is 0 Å². The minimum absolute atomic E-state index is 1.19. The molecule has 136 valence electrons. The molecule has 0 unspecified atom stereocenters. The fourth-order valence-electron chi connectivity index (χ4n) is 4.45. The Bertz CT molecular complexity index is 1490. The third kappa shape index (κ3) is 2.48. The van der Waals surface area contributed by atoms with Gasteiger partial charge >= 0.3 is 0 Å². The largest absolute Gasteiger partial charge is 0.309 e. The van der Waals surface area contributed by atoms with E-state index in [1.165, 1.54) is 49.4 Å². The van der Waals surface area contributed by atoms with Crippen molar-refractivity contribution in [3.8, 4) is 16.8 Å². The van der Waals surface area contributed by atoms with Crippen LogP contribution in [0.3, 0.4) is 0 Å². The Morgan fingerprint density at radius 3 is 2.07 bits per heavy atom. The Balaban J connectivity index is 1.74. The minimum Gasteiger partial charge on any atom is -0.309 e. The van der Waals surface area contributed by atoms with Crippen LogP contribution < -0.4 is 0 Å². The Kier molecular flexibility index (Phi) is 3.54. The summed E-state index contributed by atoms with van der Waals surface area (Å²) in [5, 5.41) is 5.14. The van der Waals surface area contributed by atoms with Gasteiger partial charge in [-0.25, -0.2) is 0 Å². The zero-order valence-corrected chi connectivity index (χ0v) is 15.9. The predicted octanol–water partition coefficient (Wildman–Crippen LogP) is 7.60. The standard InChI is InChI=1S/C28H19N/c1-2-9-20(10-3-1)22-12-8-13-23(19-22)29-27-16-7-6-15-25(27)26-18-17-21-11-4-5-14-24(21)28(26)29/h1-19H. The summed E-state index contributed by atoms with van der Waals surface area (Å²) in [5.74, 6) is 0. The lowest BCUT2D eigenvalue weighted by molar-refractivity contribution is 1.19. The van der Waals surface area contributed by atoms with Crippen molar-refractivity contribution in [3.63, 3.8) is 0 Å². The van der Waals surface area contributed by atoms with E-state index in [0.717, 1.165) is 0 Å². The molecule has 0 radical (unpaired) electrons. The molecule has 0 fully saturated rings. The van der Waals surface area contributed by atoms with Crippen LogP contribution in [-0.4, -0.2) is 4.57 Å². The van der Waals surface area contributed by atoms with Gasteiger partial charge in [-0.2, -0.15) is 0 Å². The fourth-order valence-corrected chi connectivity index (χ4v) is 4.45. The number of para-hydroxylation sites is 1. The van der Waals surface area contributed by atoms with Gasteiger partial charge in [0.1, 0.15) is 0 Å². The summed E-state index contributed by atoms with van der Waals surface area (Å²) in [4.78, 5) is 0. The molecular formula is C28H19N. The highest BCUT2D eigenvalue weighted by Gasteiger charge is 2.14. The van der Waals surface area contributed by atoms with Crippen LogP contribution in [0.4, 0.5) is 0 Å². The Morgan fingerprint density at radius 1 is 0.448 bits per heavy atom. The molecule has 6 aromatic rings. The Hall–Kier alpha value is -3.84. The summed E-state index contributed by atoms with van der Waals surface area (Å²) in [6, 6.07) is 41.3. The smallest absolute Gasteiger partial charge is 0.0619 e. The van der Waals surface area contributed by atoms with E-state index in [0.29, 0.717) is 0 Å². The number of aromatic nitrogens is 1. The highest BCUT2D eigenvalue weighted by molar-refractivity contribution is 6.18. The van der Waals surface area contributed by atoms with Crippen molar-refractivity contribution < 1.29 is 0 Å². The molecule has 0 aliphatic rings. The van der Waals surface area contributed by atoms with Gasteiger partial charge in [-0.3, -0.25) is 0 Å². The fraction of sp³-hybridized carbons (Fsp3) is 0. The predicted molar refractivity (Wildman–Crippen MR) is 124 cm³/mol. The molecule has 0 saturated heterocycles. The van der Waals surface area contributed by atoms with E-state index in [2.05, 4.69) is 120 Å². The van der Waals surface area contributed by atoms with Gasteiger partial charge in [-0.05, 0) is 34.7 Å². The summed E-state index contributed by atoms with van der Waals surface area (Å²) < 4.78 is 2.42. The third-order valence-electron chi connectivity index (χ3n) is 5.77. The summed E-state index contributed by atoms with van der Waals surface area (Å²) in [7, 11) is 0. The number of rotatable bonds is 2. The van der Waals surface area contributed by atoms with Crippen LogP contribution in [0.25, 0.3) is 49.4 Å². The number of fused-ring (bicyclic) bond motifs is 5. The van der Waals surface area contributed by atoms with E-state index in [-0.39, 0.29) is 0 Å². The first kappa shape index (κ1) is 16.1. The average molecular weight is 369 g/mol. The van der Waals surface area contributed by atoms with Crippen molar-refractivity contribution in [1.82, 2.24) is 4.57 Å². The van der Waals surface area contributed by atoms with Crippen molar-refractivity contribution >= 4 is 32.6 Å². The molecule has 0 atom stereocenters. The lowest BCUT2D eigenvalue weighted by atomic mass is 10.0. The van der Waals surface area contributed by atoms with Crippen LogP contribution in [0.1, 0.15) is 0 Å². The normalized spacial score (nSPS) is 11.4. The molecule has 0 aliphatic heterocycles. The molecule has 0 bridgehead atoms. The van der Waals surface area contributed by atoms with Gasteiger partial charge < -0.3 is 4.57 Å². The first-order chi connectivity index (χ1) is 14.4. The zero-order chi connectivity index (χ0) is 19.2. The number of hydrogen-bond donors (Lipinski definition) is 0. The van der Waals surface area contributed by atoms with Gasteiger partial charge in [0.05, 0.1) is 11.0 Å². The van der Waals surface area contributed by atoms with E-state index in [1.807, 2.05) is 0 Å². The number of nitrogens with zero attached hydrogens (tertiary/aromatic N) is 1. The minimum atomic E-state index is 1.19. The number of benzene rings is 5. The molecule has 1 aromatic heterocycles. The van der Waals surface area contributed by atoms with Gasteiger partial charge in [-0.15, -0.1) is 0 Å². The van der Waals surface area contributed by atoms with E-state index in [1.54, 1.807) is 0 Å². The third-order valence-corrected chi connectivity index (χ3v) is 5.77. The van der Waals surface area contributed by atoms with E-state index < -0.39 is 0 Å². The number of hydrogen-bond acceptors (Lipinski definition) is 0. The van der Waals surface area contributed by atoms with Crippen LogP contribution >= 0.6 is 0 Å². The summed E-state index contributed by atoms with van der Waals surface area (Å²) in [6.45, 7) is 0. The van der Waals surface area contributed by atoms with Crippen molar-refractivity contribution in [1.29, 1.82) is 0 Å². The monoisotopic (exact) mass is 369 g/mol. The van der Waals surface area contributed by atoms with Crippen molar-refractivity contribution in [3.05, 3.63) is 115 Å².